The molecule has 8 nitrogen and oxygen atoms in total. The topological polar surface area (TPSA) is 122 Å². The number of esters is 1. The Bertz CT molecular complexity index is 989. The van der Waals surface area contributed by atoms with E-state index >= 15 is 0 Å². The van der Waals surface area contributed by atoms with E-state index < -0.39 is 28.4 Å². The second-order valence-corrected chi connectivity index (χ2v) is 7.22. The van der Waals surface area contributed by atoms with Gasteiger partial charge in [0.15, 0.2) is 6.61 Å². The molecule has 0 atom stereocenters. The monoisotopic (exact) mass is 413 g/mol. The average Bonchev–Trinajstić information content (AvgIpc) is 2.64. The number of benzene rings is 2. The lowest BCUT2D eigenvalue weighted by Crippen LogP contribution is -2.17. The smallest absolute Gasteiger partial charge is 0.340 e. The van der Waals surface area contributed by atoms with Gasteiger partial charge in [0, 0.05) is 0 Å². The molecule has 0 aliphatic carbocycles. The van der Waals surface area contributed by atoms with E-state index in [1.807, 2.05) is 0 Å². The highest BCUT2D eigenvalue weighted by Crippen LogP contribution is 2.25. The summed E-state index contributed by atoms with van der Waals surface area (Å²) in [5.41, 5.74) is -0.0670. The first-order valence-electron chi connectivity index (χ1n) is 7.42. The quantitative estimate of drug-likeness (QED) is 0.544. The fraction of sp³-hybridized carbons (Fsp3) is 0.176. The summed E-state index contributed by atoms with van der Waals surface area (Å²) < 4.78 is 37.9. The summed E-state index contributed by atoms with van der Waals surface area (Å²) >= 11 is 5.90. The van der Waals surface area contributed by atoms with E-state index in [9.17, 15) is 18.0 Å². The molecule has 0 bridgehead atoms. The van der Waals surface area contributed by atoms with E-state index in [1.54, 1.807) is 12.1 Å². The van der Waals surface area contributed by atoms with Crippen LogP contribution in [0.5, 0.6) is 11.5 Å². The Morgan fingerprint density at radius 3 is 2.33 bits per heavy atom. The van der Waals surface area contributed by atoms with Gasteiger partial charge in [0.2, 0.25) is 15.8 Å². The van der Waals surface area contributed by atoms with Crippen molar-refractivity contribution in [2.24, 2.45) is 5.14 Å². The fourth-order valence-electron chi connectivity index (χ4n) is 2.16. The first-order valence-corrected chi connectivity index (χ1v) is 9.34. The lowest BCUT2D eigenvalue weighted by Gasteiger charge is -2.11. The molecule has 0 heterocycles. The number of primary sulfonamides is 1. The van der Waals surface area contributed by atoms with Gasteiger partial charge in [0.05, 0.1) is 35.3 Å². The number of carbonyl (C=O) groups is 2. The highest BCUT2D eigenvalue weighted by atomic mass is 35.5. The lowest BCUT2D eigenvalue weighted by molar-refractivity contribution is 0.0474. The molecule has 0 radical (unpaired) electrons. The molecule has 0 fully saturated rings. The third-order valence-electron chi connectivity index (χ3n) is 3.53. The summed E-state index contributed by atoms with van der Waals surface area (Å²) in [5, 5.41) is 4.99. The predicted molar refractivity (Wildman–Crippen MR) is 97.0 cm³/mol. The number of halogens is 1. The number of Topliss-reactive ketones (excluding diaryl/α,β-unsaturated/α-hetero) is 1. The van der Waals surface area contributed by atoms with Gasteiger partial charge < -0.3 is 14.2 Å². The predicted octanol–water partition coefficient (Wildman–Crippen LogP) is 2.04. The zero-order valence-corrected chi connectivity index (χ0v) is 16.0. The summed E-state index contributed by atoms with van der Waals surface area (Å²) in [4.78, 5) is 24.3. The van der Waals surface area contributed by atoms with Crippen molar-refractivity contribution in [2.75, 3.05) is 20.8 Å². The maximum atomic E-state index is 12.4. The summed E-state index contributed by atoms with van der Waals surface area (Å²) in [6, 6.07) is 7.94. The van der Waals surface area contributed by atoms with Gasteiger partial charge >= 0.3 is 5.97 Å². The molecule has 27 heavy (non-hydrogen) atoms. The van der Waals surface area contributed by atoms with Gasteiger partial charge in [-0.3, -0.25) is 4.79 Å². The molecule has 0 aliphatic heterocycles. The Morgan fingerprint density at radius 2 is 1.74 bits per heavy atom. The Morgan fingerprint density at radius 1 is 1.04 bits per heavy atom. The zero-order valence-electron chi connectivity index (χ0n) is 14.4. The second kappa shape index (κ2) is 8.38. The summed E-state index contributed by atoms with van der Waals surface area (Å²) in [6.45, 7) is -0.613. The number of methoxy groups -OCH3 is 2. The minimum absolute atomic E-state index is 0.0428. The molecule has 10 heteroatoms. The highest BCUT2D eigenvalue weighted by Gasteiger charge is 2.20. The van der Waals surface area contributed by atoms with Gasteiger partial charge in [-0.15, -0.1) is 0 Å². The van der Waals surface area contributed by atoms with Gasteiger partial charge in [0.1, 0.15) is 11.5 Å². The Labute approximate surface area is 160 Å². The average molecular weight is 414 g/mol. The molecule has 0 saturated carbocycles. The molecule has 0 aromatic heterocycles. The third kappa shape index (κ3) is 4.97. The zero-order chi connectivity index (χ0) is 20.2. The Balaban J connectivity index is 2.20. The second-order valence-electron chi connectivity index (χ2n) is 5.25. The fourth-order valence-corrected chi connectivity index (χ4v) is 2.89. The lowest BCUT2D eigenvalue weighted by atomic mass is 10.1. The molecule has 144 valence electrons. The molecular weight excluding hydrogens is 398 g/mol. The number of hydrogen-bond acceptors (Lipinski definition) is 7. The van der Waals surface area contributed by atoms with E-state index in [1.165, 1.54) is 26.4 Å². The van der Waals surface area contributed by atoms with Crippen LogP contribution in [0.25, 0.3) is 0 Å². The number of rotatable bonds is 7. The molecule has 2 N–H and O–H groups in total. The van der Waals surface area contributed by atoms with E-state index in [2.05, 4.69) is 0 Å². The van der Waals surface area contributed by atoms with Crippen molar-refractivity contribution < 1.29 is 32.2 Å². The SMILES string of the molecule is COc1ccc(OC)c(C(=O)COC(=O)c2cc(S(N)(=O)=O)ccc2Cl)c1. The van der Waals surface area contributed by atoms with Crippen LogP contribution in [-0.2, 0) is 14.8 Å². The van der Waals surface area contributed by atoms with Crippen molar-refractivity contribution in [3.8, 4) is 11.5 Å². The Hall–Kier alpha value is -2.62. The minimum Gasteiger partial charge on any atom is -0.497 e. The first-order chi connectivity index (χ1) is 12.7. The molecule has 0 spiro atoms. The number of carbonyl (C=O) groups excluding carboxylic acids is 2. The molecule has 0 amide bonds. The van der Waals surface area contributed by atoms with Crippen LogP contribution >= 0.6 is 11.6 Å². The van der Waals surface area contributed by atoms with Gasteiger partial charge in [-0.05, 0) is 36.4 Å². The van der Waals surface area contributed by atoms with Gasteiger partial charge in [-0.2, -0.15) is 0 Å². The first kappa shape index (κ1) is 20.7. The molecular formula is C17H16ClNO7S. The Kier molecular flexibility index (Phi) is 6.42. The minimum atomic E-state index is -4.03. The standard InChI is InChI=1S/C17H16ClNO7S/c1-24-10-3-6-16(25-2)13(7-10)15(20)9-26-17(21)12-8-11(27(19,22)23)4-5-14(12)18/h3-8H,9H2,1-2H3,(H2,19,22,23). The van der Waals surface area contributed by atoms with Crippen LogP contribution in [0.2, 0.25) is 5.02 Å². The number of ketones is 1. The molecule has 0 saturated heterocycles. The third-order valence-corrected chi connectivity index (χ3v) is 4.77. The van der Waals surface area contributed by atoms with Crippen LogP contribution in [0.15, 0.2) is 41.3 Å². The molecule has 2 aromatic carbocycles. The summed E-state index contributed by atoms with van der Waals surface area (Å²) in [7, 11) is -1.20. The number of sulfonamides is 1. The van der Waals surface area contributed by atoms with E-state index in [0.717, 1.165) is 12.1 Å². The van der Waals surface area contributed by atoms with Crippen molar-refractivity contribution in [2.45, 2.75) is 4.90 Å². The van der Waals surface area contributed by atoms with E-state index in [4.69, 9.17) is 31.0 Å². The van der Waals surface area contributed by atoms with Crippen LogP contribution in [-0.4, -0.2) is 41.0 Å². The van der Waals surface area contributed by atoms with E-state index in [-0.39, 0.29) is 26.8 Å². The van der Waals surface area contributed by atoms with Crippen molar-refractivity contribution >= 4 is 33.4 Å². The largest absolute Gasteiger partial charge is 0.497 e. The molecule has 2 rings (SSSR count). The van der Waals surface area contributed by atoms with Gasteiger partial charge in [0.25, 0.3) is 0 Å². The van der Waals surface area contributed by atoms with Crippen LogP contribution in [0.4, 0.5) is 0 Å². The number of nitrogens with two attached hydrogens (primary N) is 1. The van der Waals surface area contributed by atoms with Crippen molar-refractivity contribution in [1.82, 2.24) is 0 Å². The summed E-state index contributed by atoms with van der Waals surface area (Å²) in [6.07, 6.45) is 0. The normalized spacial score (nSPS) is 11.0. The van der Waals surface area contributed by atoms with E-state index in [0.29, 0.717) is 5.75 Å². The van der Waals surface area contributed by atoms with Gasteiger partial charge in [-0.25, -0.2) is 18.4 Å². The maximum Gasteiger partial charge on any atom is 0.340 e. The summed E-state index contributed by atoms with van der Waals surface area (Å²) in [5.74, 6) is -0.806. The van der Waals surface area contributed by atoms with Crippen LogP contribution < -0.4 is 14.6 Å². The van der Waals surface area contributed by atoms with Crippen molar-refractivity contribution in [3.63, 3.8) is 0 Å². The van der Waals surface area contributed by atoms with Crippen LogP contribution in [0.3, 0.4) is 0 Å². The molecule has 0 aliphatic rings. The van der Waals surface area contributed by atoms with Crippen molar-refractivity contribution in [1.29, 1.82) is 0 Å². The number of hydrogen-bond donors (Lipinski definition) is 1. The van der Waals surface area contributed by atoms with Crippen molar-refractivity contribution in [3.05, 3.63) is 52.5 Å². The maximum absolute atomic E-state index is 12.4. The van der Waals surface area contributed by atoms with Crippen LogP contribution in [0.1, 0.15) is 20.7 Å². The highest BCUT2D eigenvalue weighted by molar-refractivity contribution is 7.89. The van der Waals surface area contributed by atoms with Crippen LogP contribution in [0, 0.1) is 0 Å². The van der Waals surface area contributed by atoms with Gasteiger partial charge in [-0.1, -0.05) is 11.6 Å². The number of ether oxygens (including phenoxy) is 3. The molecule has 0 unspecified atom stereocenters. The molecule has 2 aromatic rings.